The number of carbonyl (C=O) groups is 1. The van der Waals surface area contributed by atoms with Crippen LogP contribution in [0.25, 0.3) is 0 Å². The summed E-state index contributed by atoms with van der Waals surface area (Å²) < 4.78 is 4.75. The van der Waals surface area contributed by atoms with Crippen LogP contribution in [0.5, 0.6) is 0 Å². The lowest BCUT2D eigenvalue weighted by Gasteiger charge is -1.99. The molecule has 1 aromatic rings. The summed E-state index contributed by atoms with van der Waals surface area (Å²) in [6.07, 6.45) is 2.55. The van der Waals surface area contributed by atoms with Crippen molar-refractivity contribution < 1.29 is 9.53 Å². The van der Waals surface area contributed by atoms with E-state index in [1.165, 1.54) is 11.8 Å². The molecular weight excluding hydrogens is 188 g/mol. The van der Waals surface area contributed by atoms with E-state index in [2.05, 4.69) is 16.4 Å². The van der Waals surface area contributed by atoms with E-state index in [1.807, 2.05) is 0 Å². The summed E-state index contributed by atoms with van der Waals surface area (Å²) in [7, 11) is 0. The summed E-state index contributed by atoms with van der Waals surface area (Å²) in [4.78, 5) is 10.9. The summed E-state index contributed by atoms with van der Waals surface area (Å²) in [6, 6.07) is 3.40. The average molecular weight is 197 g/mol. The number of ether oxygens (including phenoxy) is 1. The fourth-order valence-electron chi connectivity index (χ4n) is 0.666. The molecule has 0 atom stereocenters. The molecule has 0 aliphatic heterocycles. The second-order valence-electron chi connectivity index (χ2n) is 2.09. The van der Waals surface area contributed by atoms with Crippen LogP contribution in [0.2, 0.25) is 0 Å². The Morgan fingerprint density at radius 2 is 2.62 bits per heavy atom. The van der Waals surface area contributed by atoms with Gasteiger partial charge in [0.25, 0.3) is 0 Å². The maximum atomic E-state index is 10.9. The zero-order valence-electron chi connectivity index (χ0n) is 7.19. The summed E-state index contributed by atoms with van der Waals surface area (Å²) >= 11 is 1.30. The van der Waals surface area contributed by atoms with Gasteiger partial charge in [0.15, 0.2) is 0 Å². The Labute approximate surface area is 80.7 Å². The van der Waals surface area contributed by atoms with Crippen molar-refractivity contribution in [3.05, 3.63) is 18.3 Å². The Hall–Kier alpha value is -1.10. The van der Waals surface area contributed by atoms with E-state index in [9.17, 15) is 4.79 Å². The Kier molecular flexibility index (Phi) is 4.25. The summed E-state index contributed by atoms with van der Waals surface area (Å²) in [6.45, 7) is 2.19. The first kappa shape index (κ1) is 9.98. The van der Waals surface area contributed by atoms with E-state index in [-0.39, 0.29) is 11.7 Å². The highest BCUT2D eigenvalue weighted by Gasteiger charge is 2.03. The van der Waals surface area contributed by atoms with Gasteiger partial charge in [-0.05, 0) is 19.1 Å². The number of rotatable bonds is 4. The van der Waals surface area contributed by atoms with Gasteiger partial charge in [0.05, 0.1) is 12.4 Å². The summed E-state index contributed by atoms with van der Waals surface area (Å²) in [5.41, 5.74) is 0. The lowest BCUT2D eigenvalue weighted by molar-refractivity contribution is -0.139. The van der Waals surface area contributed by atoms with Gasteiger partial charge in [0.1, 0.15) is 11.2 Å². The van der Waals surface area contributed by atoms with Crippen LogP contribution in [0.1, 0.15) is 6.92 Å². The average Bonchev–Trinajstić information content (AvgIpc) is 2.17. The molecule has 0 aromatic carbocycles. The predicted octanol–water partition coefficient (Wildman–Crippen LogP) is 0.932. The minimum absolute atomic E-state index is 0.234. The fourth-order valence-corrected chi connectivity index (χ4v) is 1.28. The maximum absolute atomic E-state index is 10.9. The van der Waals surface area contributed by atoms with Crippen LogP contribution in [0, 0.1) is 6.20 Å². The van der Waals surface area contributed by atoms with E-state index in [4.69, 9.17) is 4.74 Å². The van der Waals surface area contributed by atoms with Crippen molar-refractivity contribution in [2.45, 2.75) is 11.9 Å². The van der Waals surface area contributed by atoms with Gasteiger partial charge in [-0.25, -0.2) is 0 Å². The second-order valence-corrected chi connectivity index (χ2v) is 3.09. The topological polar surface area (TPSA) is 52.1 Å². The highest BCUT2D eigenvalue weighted by Crippen LogP contribution is 2.12. The second kappa shape index (κ2) is 5.53. The van der Waals surface area contributed by atoms with Crippen molar-refractivity contribution in [2.75, 3.05) is 12.4 Å². The fraction of sp³-hybridized carbons (Fsp3) is 0.375. The molecule has 0 bridgehead atoms. The first-order chi connectivity index (χ1) is 6.33. The van der Waals surface area contributed by atoms with E-state index >= 15 is 0 Å². The molecule has 0 N–H and O–H groups in total. The molecule has 13 heavy (non-hydrogen) atoms. The molecule has 0 spiro atoms. The van der Waals surface area contributed by atoms with Crippen LogP contribution in [0.15, 0.2) is 17.2 Å². The Balaban J connectivity index is 2.31. The first-order valence-corrected chi connectivity index (χ1v) is 4.79. The van der Waals surface area contributed by atoms with Crippen molar-refractivity contribution in [2.24, 2.45) is 0 Å². The van der Waals surface area contributed by atoms with Crippen LogP contribution in [-0.2, 0) is 9.53 Å². The summed E-state index contributed by atoms with van der Waals surface area (Å²) in [5, 5.41) is 8.02. The van der Waals surface area contributed by atoms with Crippen LogP contribution in [0.4, 0.5) is 0 Å². The molecule has 69 valence electrons. The number of hydrogen-bond donors (Lipinski definition) is 0. The lowest BCUT2D eigenvalue weighted by Crippen LogP contribution is -2.06. The van der Waals surface area contributed by atoms with Gasteiger partial charge in [0.2, 0.25) is 0 Å². The van der Waals surface area contributed by atoms with E-state index < -0.39 is 0 Å². The minimum Gasteiger partial charge on any atom is -0.465 e. The Morgan fingerprint density at radius 1 is 1.77 bits per heavy atom. The van der Waals surface area contributed by atoms with Gasteiger partial charge in [-0.3, -0.25) is 4.79 Å². The third-order valence-electron chi connectivity index (χ3n) is 1.15. The quantitative estimate of drug-likeness (QED) is 0.531. The molecule has 4 nitrogen and oxygen atoms in total. The van der Waals surface area contributed by atoms with Crippen molar-refractivity contribution in [1.29, 1.82) is 0 Å². The van der Waals surface area contributed by atoms with E-state index in [1.54, 1.807) is 19.1 Å². The van der Waals surface area contributed by atoms with Crippen LogP contribution < -0.4 is 0 Å². The monoisotopic (exact) mass is 197 g/mol. The lowest BCUT2D eigenvalue weighted by atomic mass is 10.6. The summed E-state index contributed by atoms with van der Waals surface area (Å²) in [5.74, 6) is 0.0362. The van der Waals surface area contributed by atoms with Crippen LogP contribution >= 0.6 is 11.8 Å². The largest absolute Gasteiger partial charge is 0.465 e. The Morgan fingerprint density at radius 3 is 3.23 bits per heavy atom. The highest BCUT2D eigenvalue weighted by molar-refractivity contribution is 7.99. The molecule has 0 fully saturated rings. The molecule has 5 heteroatoms. The molecule has 0 amide bonds. The van der Waals surface area contributed by atoms with Crippen LogP contribution in [-0.4, -0.2) is 28.5 Å². The SMILES string of the molecule is CCOC(=O)CSc1cc[c]nn1. The third kappa shape index (κ3) is 3.89. The molecule has 0 aliphatic rings. The van der Waals surface area contributed by atoms with Gasteiger partial charge in [-0.1, -0.05) is 11.8 Å². The minimum atomic E-state index is -0.234. The van der Waals surface area contributed by atoms with E-state index in [0.717, 1.165) is 0 Å². The van der Waals surface area contributed by atoms with Crippen molar-refractivity contribution >= 4 is 17.7 Å². The number of carbonyl (C=O) groups excluding carboxylic acids is 1. The maximum Gasteiger partial charge on any atom is 0.316 e. The van der Waals surface area contributed by atoms with Crippen molar-refractivity contribution in [1.82, 2.24) is 10.2 Å². The van der Waals surface area contributed by atoms with Gasteiger partial charge < -0.3 is 4.74 Å². The smallest absolute Gasteiger partial charge is 0.316 e. The standard InChI is InChI=1S/C8H9N2O2S/c1-2-12-8(11)6-13-7-4-3-5-9-10-7/h3-4H,2,6H2,1H3. The number of hydrogen-bond acceptors (Lipinski definition) is 5. The molecule has 0 aliphatic carbocycles. The number of aromatic nitrogens is 2. The highest BCUT2D eigenvalue weighted by atomic mass is 32.2. The molecule has 1 radical (unpaired) electrons. The van der Waals surface area contributed by atoms with E-state index in [0.29, 0.717) is 11.6 Å². The third-order valence-corrected chi connectivity index (χ3v) is 2.04. The van der Waals surface area contributed by atoms with Crippen molar-refractivity contribution in [3.8, 4) is 0 Å². The normalized spacial score (nSPS) is 9.62. The van der Waals surface area contributed by atoms with Gasteiger partial charge >= 0.3 is 5.97 Å². The molecule has 1 aromatic heterocycles. The molecule has 1 rings (SSSR count). The van der Waals surface area contributed by atoms with Crippen molar-refractivity contribution in [3.63, 3.8) is 0 Å². The van der Waals surface area contributed by atoms with Crippen LogP contribution in [0.3, 0.4) is 0 Å². The molecule has 0 saturated heterocycles. The van der Waals surface area contributed by atoms with Gasteiger partial charge in [-0.2, -0.15) is 0 Å². The zero-order valence-corrected chi connectivity index (χ0v) is 8.00. The zero-order chi connectivity index (χ0) is 9.52. The molecular formula is C8H9N2O2S. The number of esters is 1. The molecule has 0 saturated carbocycles. The first-order valence-electron chi connectivity index (χ1n) is 3.81. The van der Waals surface area contributed by atoms with Gasteiger partial charge in [-0.15, -0.1) is 10.2 Å². The molecule has 0 unspecified atom stereocenters. The number of thioether (sulfide) groups is 1. The van der Waals surface area contributed by atoms with Gasteiger partial charge in [0, 0.05) is 0 Å². The molecule has 1 heterocycles. The Bertz CT molecular complexity index is 266. The number of nitrogens with zero attached hydrogens (tertiary/aromatic N) is 2. The predicted molar refractivity (Wildman–Crippen MR) is 48.2 cm³/mol.